The van der Waals surface area contributed by atoms with Crippen LogP contribution < -0.4 is 15.1 Å². The second kappa shape index (κ2) is 8.82. The topological polar surface area (TPSA) is 35.6 Å². The fourth-order valence-corrected chi connectivity index (χ4v) is 3.79. The molecule has 148 valence electrons. The monoisotopic (exact) mass is 385 g/mol. The highest BCUT2D eigenvalue weighted by Gasteiger charge is 2.16. The van der Waals surface area contributed by atoms with Gasteiger partial charge in [-0.15, -0.1) is 0 Å². The standard InChI is InChI=1S/C25H27N3O/c1-27(23-9-3-2-4-10-23)18-16-26-25(29)21-11-13-24(14-12-21)28-17-15-20-7-5-6-8-22(20)19-28/h2-14H,15-19H2,1H3,(H,26,29). The Morgan fingerprint density at radius 2 is 1.62 bits per heavy atom. The Balaban J connectivity index is 1.30. The van der Waals surface area contributed by atoms with Gasteiger partial charge in [-0.3, -0.25) is 4.79 Å². The molecule has 1 amide bonds. The molecule has 4 nitrogen and oxygen atoms in total. The number of nitrogens with one attached hydrogen (secondary N) is 1. The summed E-state index contributed by atoms with van der Waals surface area (Å²) in [6, 6.07) is 26.8. The third-order valence-electron chi connectivity index (χ3n) is 5.56. The van der Waals surface area contributed by atoms with Crippen LogP contribution in [0.25, 0.3) is 0 Å². The molecule has 4 heteroatoms. The first kappa shape index (κ1) is 19.1. The predicted octanol–water partition coefficient (Wildman–Crippen LogP) is 4.12. The molecule has 0 aromatic heterocycles. The lowest BCUT2D eigenvalue weighted by Gasteiger charge is -2.30. The molecule has 1 N–H and O–H groups in total. The molecule has 0 aliphatic carbocycles. The van der Waals surface area contributed by atoms with Crippen LogP contribution in [0.5, 0.6) is 0 Å². The largest absolute Gasteiger partial charge is 0.373 e. The summed E-state index contributed by atoms with van der Waals surface area (Å²) in [6.45, 7) is 3.30. The van der Waals surface area contributed by atoms with Gasteiger partial charge < -0.3 is 15.1 Å². The molecule has 0 saturated heterocycles. The minimum Gasteiger partial charge on any atom is -0.373 e. The van der Waals surface area contributed by atoms with Gasteiger partial charge in [0.15, 0.2) is 0 Å². The van der Waals surface area contributed by atoms with Crippen LogP contribution in [-0.4, -0.2) is 32.6 Å². The Labute approximate surface area is 172 Å². The van der Waals surface area contributed by atoms with Crippen LogP contribution >= 0.6 is 0 Å². The summed E-state index contributed by atoms with van der Waals surface area (Å²) in [7, 11) is 2.03. The molecule has 0 atom stereocenters. The SMILES string of the molecule is CN(CCNC(=O)c1ccc(N2CCc3ccccc3C2)cc1)c1ccccc1. The molecular formula is C25H27N3O. The summed E-state index contributed by atoms with van der Waals surface area (Å²) >= 11 is 0. The zero-order valence-corrected chi connectivity index (χ0v) is 16.8. The molecule has 1 aliphatic heterocycles. The summed E-state index contributed by atoms with van der Waals surface area (Å²) in [5, 5.41) is 3.02. The number of anilines is 2. The zero-order chi connectivity index (χ0) is 20.1. The van der Waals surface area contributed by atoms with E-state index in [9.17, 15) is 4.79 Å². The van der Waals surface area contributed by atoms with Gasteiger partial charge in [0.1, 0.15) is 0 Å². The lowest BCUT2D eigenvalue weighted by Crippen LogP contribution is -2.33. The molecule has 29 heavy (non-hydrogen) atoms. The van der Waals surface area contributed by atoms with Gasteiger partial charge in [-0.2, -0.15) is 0 Å². The Hall–Kier alpha value is -3.27. The molecule has 4 rings (SSSR count). The molecule has 3 aromatic rings. The molecule has 0 radical (unpaired) electrons. The third-order valence-corrected chi connectivity index (χ3v) is 5.56. The number of benzene rings is 3. The average molecular weight is 386 g/mol. The third kappa shape index (κ3) is 4.60. The summed E-state index contributed by atoms with van der Waals surface area (Å²) in [5.41, 5.74) is 5.85. The van der Waals surface area contributed by atoms with Crippen LogP contribution in [0, 0.1) is 0 Å². The van der Waals surface area contributed by atoms with Crippen LogP contribution in [0.3, 0.4) is 0 Å². The Bertz CT molecular complexity index is 953. The van der Waals surface area contributed by atoms with E-state index in [0.29, 0.717) is 12.1 Å². The minimum atomic E-state index is -0.0259. The Morgan fingerprint density at radius 3 is 2.38 bits per heavy atom. The van der Waals surface area contributed by atoms with E-state index in [1.165, 1.54) is 16.8 Å². The highest BCUT2D eigenvalue weighted by atomic mass is 16.1. The maximum Gasteiger partial charge on any atom is 0.251 e. The Morgan fingerprint density at radius 1 is 0.931 bits per heavy atom. The van der Waals surface area contributed by atoms with Crippen LogP contribution in [0.4, 0.5) is 11.4 Å². The fraction of sp³-hybridized carbons (Fsp3) is 0.240. The van der Waals surface area contributed by atoms with Crippen molar-refractivity contribution in [3.05, 3.63) is 95.6 Å². The molecule has 1 heterocycles. The first-order valence-electron chi connectivity index (χ1n) is 10.2. The van der Waals surface area contributed by atoms with Gasteiger partial charge in [0, 0.05) is 50.2 Å². The summed E-state index contributed by atoms with van der Waals surface area (Å²) in [6.07, 6.45) is 1.06. The van der Waals surface area contributed by atoms with E-state index in [1.54, 1.807) is 0 Å². The van der Waals surface area contributed by atoms with Crippen molar-refractivity contribution in [3.63, 3.8) is 0 Å². The summed E-state index contributed by atoms with van der Waals surface area (Å²) < 4.78 is 0. The van der Waals surface area contributed by atoms with E-state index in [4.69, 9.17) is 0 Å². The molecular weight excluding hydrogens is 358 g/mol. The number of hydrogen-bond donors (Lipinski definition) is 1. The van der Waals surface area contributed by atoms with Gasteiger partial charge in [0.2, 0.25) is 0 Å². The van der Waals surface area contributed by atoms with Gasteiger partial charge in [-0.05, 0) is 53.9 Å². The van der Waals surface area contributed by atoms with Gasteiger partial charge >= 0.3 is 0 Å². The number of fused-ring (bicyclic) bond motifs is 1. The van der Waals surface area contributed by atoms with Crippen molar-refractivity contribution in [2.24, 2.45) is 0 Å². The number of rotatable bonds is 6. The van der Waals surface area contributed by atoms with E-state index >= 15 is 0 Å². The molecule has 3 aromatic carbocycles. The van der Waals surface area contributed by atoms with Crippen molar-refractivity contribution in [3.8, 4) is 0 Å². The zero-order valence-electron chi connectivity index (χ0n) is 16.8. The van der Waals surface area contributed by atoms with Gasteiger partial charge in [0.05, 0.1) is 0 Å². The normalized spacial score (nSPS) is 12.9. The number of likely N-dealkylation sites (N-methyl/N-ethyl adjacent to an activating group) is 1. The van der Waals surface area contributed by atoms with Crippen molar-refractivity contribution >= 4 is 17.3 Å². The van der Waals surface area contributed by atoms with Crippen molar-refractivity contribution in [2.45, 2.75) is 13.0 Å². The van der Waals surface area contributed by atoms with Gasteiger partial charge in [0.25, 0.3) is 5.91 Å². The van der Waals surface area contributed by atoms with Crippen molar-refractivity contribution in [1.82, 2.24) is 5.32 Å². The first-order chi connectivity index (χ1) is 14.2. The number of para-hydroxylation sites is 1. The second-order valence-electron chi connectivity index (χ2n) is 7.50. The minimum absolute atomic E-state index is 0.0259. The van der Waals surface area contributed by atoms with Crippen LogP contribution in [-0.2, 0) is 13.0 Å². The highest BCUT2D eigenvalue weighted by molar-refractivity contribution is 5.94. The lowest BCUT2D eigenvalue weighted by atomic mass is 9.99. The molecule has 0 spiro atoms. The van der Waals surface area contributed by atoms with E-state index in [0.717, 1.165) is 31.7 Å². The fourth-order valence-electron chi connectivity index (χ4n) is 3.79. The van der Waals surface area contributed by atoms with E-state index in [2.05, 4.69) is 63.6 Å². The van der Waals surface area contributed by atoms with E-state index in [1.807, 2.05) is 37.4 Å². The quantitative estimate of drug-likeness (QED) is 0.693. The molecule has 1 aliphatic rings. The summed E-state index contributed by atoms with van der Waals surface area (Å²) in [4.78, 5) is 17.0. The molecule has 0 fully saturated rings. The average Bonchev–Trinajstić information content (AvgIpc) is 2.79. The Kier molecular flexibility index (Phi) is 5.80. The summed E-state index contributed by atoms with van der Waals surface area (Å²) in [5.74, 6) is -0.0259. The number of amides is 1. The predicted molar refractivity (Wildman–Crippen MR) is 120 cm³/mol. The van der Waals surface area contributed by atoms with Crippen LogP contribution in [0.2, 0.25) is 0 Å². The van der Waals surface area contributed by atoms with E-state index in [-0.39, 0.29) is 5.91 Å². The van der Waals surface area contributed by atoms with Crippen LogP contribution in [0.1, 0.15) is 21.5 Å². The van der Waals surface area contributed by atoms with Crippen molar-refractivity contribution in [1.29, 1.82) is 0 Å². The number of nitrogens with zero attached hydrogens (tertiary/aromatic N) is 2. The molecule has 0 unspecified atom stereocenters. The first-order valence-corrected chi connectivity index (χ1v) is 10.2. The number of hydrogen-bond acceptors (Lipinski definition) is 3. The number of carbonyl (C=O) groups is 1. The molecule has 0 saturated carbocycles. The highest BCUT2D eigenvalue weighted by Crippen LogP contribution is 2.24. The molecule has 0 bridgehead atoms. The van der Waals surface area contributed by atoms with Crippen molar-refractivity contribution < 1.29 is 4.79 Å². The maximum atomic E-state index is 12.5. The number of carbonyl (C=O) groups excluding carboxylic acids is 1. The smallest absolute Gasteiger partial charge is 0.251 e. The van der Waals surface area contributed by atoms with Gasteiger partial charge in [-0.1, -0.05) is 42.5 Å². The van der Waals surface area contributed by atoms with E-state index < -0.39 is 0 Å². The van der Waals surface area contributed by atoms with Gasteiger partial charge in [-0.25, -0.2) is 0 Å². The van der Waals surface area contributed by atoms with Crippen LogP contribution in [0.15, 0.2) is 78.9 Å². The lowest BCUT2D eigenvalue weighted by molar-refractivity contribution is 0.0955. The maximum absolute atomic E-state index is 12.5. The second-order valence-corrected chi connectivity index (χ2v) is 7.50. The van der Waals surface area contributed by atoms with Crippen molar-refractivity contribution in [2.75, 3.05) is 36.5 Å².